The summed E-state index contributed by atoms with van der Waals surface area (Å²) >= 11 is 0. The normalized spacial score (nSPS) is 16.6. The maximum absolute atomic E-state index is 5.57. The van der Waals surface area contributed by atoms with Gasteiger partial charge < -0.3 is 10.5 Å². The summed E-state index contributed by atoms with van der Waals surface area (Å²) in [5, 5.41) is 0. The van der Waals surface area contributed by atoms with E-state index in [-0.39, 0.29) is 0 Å². The molecule has 0 saturated heterocycles. The largest absolute Gasteiger partial charge is 0.493 e. The van der Waals surface area contributed by atoms with Crippen LogP contribution in [0.1, 0.15) is 43.1 Å². The molecule has 0 amide bonds. The first-order chi connectivity index (χ1) is 7.85. The summed E-state index contributed by atoms with van der Waals surface area (Å²) in [6.45, 7) is 0.595. The van der Waals surface area contributed by atoms with Gasteiger partial charge in [-0.2, -0.15) is 0 Å². The second-order valence-corrected chi connectivity index (χ2v) is 4.26. The van der Waals surface area contributed by atoms with E-state index in [4.69, 9.17) is 10.5 Å². The highest BCUT2D eigenvalue weighted by atomic mass is 16.5. The molecule has 0 atom stereocenters. The molecule has 1 aliphatic rings. The SMILES string of the molecule is COc1cnc(C2CCCC2)nc1CCN. The Kier molecular flexibility index (Phi) is 3.72. The van der Waals surface area contributed by atoms with Gasteiger partial charge in [0.25, 0.3) is 0 Å². The summed E-state index contributed by atoms with van der Waals surface area (Å²) in [6.07, 6.45) is 7.57. The third kappa shape index (κ3) is 2.32. The van der Waals surface area contributed by atoms with Crippen LogP contribution in [0.25, 0.3) is 0 Å². The lowest BCUT2D eigenvalue weighted by molar-refractivity contribution is 0.402. The first-order valence-electron chi connectivity index (χ1n) is 5.95. The van der Waals surface area contributed by atoms with Gasteiger partial charge in [0.15, 0.2) is 5.75 Å². The molecule has 4 nitrogen and oxygen atoms in total. The van der Waals surface area contributed by atoms with E-state index in [0.29, 0.717) is 12.5 Å². The number of ether oxygens (including phenoxy) is 1. The van der Waals surface area contributed by atoms with Gasteiger partial charge in [-0.15, -0.1) is 0 Å². The first kappa shape index (κ1) is 11.3. The van der Waals surface area contributed by atoms with Crippen molar-refractivity contribution in [3.8, 4) is 5.75 Å². The zero-order valence-corrected chi connectivity index (χ0v) is 9.78. The second-order valence-electron chi connectivity index (χ2n) is 4.26. The fourth-order valence-electron chi connectivity index (χ4n) is 2.29. The van der Waals surface area contributed by atoms with Gasteiger partial charge in [-0.1, -0.05) is 12.8 Å². The van der Waals surface area contributed by atoms with Crippen molar-refractivity contribution >= 4 is 0 Å². The van der Waals surface area contributed by atoms with Crippen LogP contribution in [0.2, 0.25) is 0 Å². The summed E-state index contributed by atoms with van der Waals surface area (Å²) in [4.78, 5) is 9.00. The summed E-state index contributed by atoms with van der Waals surface area (Å²) in [5.74, 6) is 2.27. The Morgan fingerprint density at radius 3 is 2.81 bits per heavy atom. The predicted octanol–water partition coefficient (Wildman–Crippen LogP) is 1.64. The van der Waals surface area contributed by atoms with Crippen LogP contribution in [0.3, 0.4) is 0 Å². The number of rotatable bonds is 4. The van der Waals surface area contributed by atoms with E-state index in [2.05, 4.69) is 9.97 Å². The molecule has 1 saturated carbocycles. The van der Waals surface area contributed by atoms with Crippen LogP contribution < -0.4 is 10.5 Å². The standard InChI is InChI=1S/C12H19N3O/c1-16-11-8-14-12(9-4-2-3-5-9)15-10(11)6-7-13/h8-9H,2-7,13H2,1H3. The minimum atomic E-state index is 0.544. The molecule has 2 N–H and O–H groups in total. The van der Waals surface area contributed by atoms with Crippen molar-refractivity contribution in [3.63, 3.8) is 0 Å². The molecule has 2 rings (SSSR count). The van der Waals surface area contributed by atoms with E-state index in [1.54, 1.807) is 13.3 Å². The van der Waals surface area contributed by atoms with E-state index in [1.807, 2.05) is 0 Å². The Morgan fingerprint density at radius 1 is 1.44 bits per heavy atom. The van der Waals surface area contributed by atoms with Gasteiger partial charge in [-0.05, 0) is 19.4 Å². The lowest BCUT2D eigenvalue weighted by atomic mass is 10.1. The van der Waals surface area contributed by atoms with Gasteiger partial charge in [0.1, 0.15) is 5.82 Å². The molecule has 0 aliphatic heterocycles. The Morgan fingerprint density at radius 2 is 2.19 bits per heavy atom. The Labute approximate surface area is 96.2 Å². The predicted molar refractivity (Wildman–Crippen MR) is 62.6 cm³/mol. The lowest BCUT2D eigenvalue weighted by Crippen LogP contribution is -2.10. The smallest absolute Gasteiger partial charge is 0.158 e. The number of methoxy groups -OCH3 is 1. The Balaban J connectivity index is 2.23. The molecular weight excluding hydrogens is 202 g/mol. The zero-order chi connectivity index (χ0) is 11.4. The average Bonchev–Trinajstić information content (AvgIpc) is 2.83. The molecule has 1 fully saturated rings. The van der Waals surface area contributed by atoms with Crippen LogP contribution in [-0.4, -0.2) is 23.6 Å². The summed E-state index contributed by atoms with van der Waals surface area (Å²) in [6, 6.07) is 0. The molecular formula is C12H19N3O. The van der Waals surface area contributed by atoms with E-state index in [0.717, 1.165) is 23.7 Å². The van der Waals surface area contributed by atoms with E-state index >= 15 is 0 Å². The van der Waals surface area contributed by atoms with Crippen LogP contribution in [0.4, 0.5) is 0 Å². The monoisotopic (exact) mass is 221 g/mol. The van der Waals surface area contributed by atoms with Crippen LogP contribution in [0.5, 0.6) is 5.75 Å². The zero-order valence-electron chi connectivity index (χ0n) is 9.78. The average molecular weight is 221 g/mol. The van der Waals surface area contributed by atoms with Crippen LogP contribution >= 0.6 is 0 Å². The van der Waals surface area contributed by atoms with Gasteiger partial charge in [0.05, 0.1) is 19.0 Å². The quantitative estimate of drug-likeness (QED) is 0.839. The van der Waals surface area contributed by atoms with Crippen molar-refractivity contribution < 1.29 is 4.74 Å². The molecule has 1 aromatic rings. The molecule has 0 aromatic carbocycles. The topological polar surface area (TPSA) is 61.0 Å². The fraction of sp³-hybridized carbons (Fsp3) is 0.667. The molecule has 16 heavy (non-hydrogen) atoms. The van der Waals surface area contributed by atoms with Gasteiger partial charge in [0, 0.05) is 12.3 Å². The van der Waals surface area contributed by atoms with Gasteiger partial charge in [-0.25, -0.2) is 9.97 Å². The van der Waals surface area contributed by atoms with Crippen LogP contribution in [0, 0.1) is 0 Å². The molecule has 0 unspecified atom stereocenters. The van der Waals surface area contributed by atoms with E-state index in [1.165, 1.54) is 25.7 Å². The highest BCUT2D eigenvalue weighted by Crippen LogP contribution is 2.32. The van der Waals surface area contributed by atoms with Crippen molar-refractivity contribution in [1.29, 1.82) is 0 Å². The minimum absolute atomic E-state index is 0.544. The number of nitrogens with two attached hydrogens (primary N) is 1. The third-order valence-electron chi connectivity index (χ3n) is 3.17. The van der Waals surface area contributed by atoms with Crippen molar-refractivity contribution in [3.05, 3.63) is 17.7 Å². The number of aromatic nitrogens is 2. The van der Waals surface area contributed by atoms with E-state index in [9.17, 15) is 0 Å². The highest BCUT2D eigenvalue weighted by Gasteiger charge is 2.20. The van der Waals surface area contributed by atoms with Gasteiger partial charge in [0.2, 0.25) is 0 Å². The van der Waals surface area contributed by atoms with Crippen molar-refractivity contribution in [2.75, 3.05) is 13.7 Å². The molecule has 0 spiro atoms. The molecule has 1 heterocycles. The number of nitrogens with zero attached hydrogens (tertiary/aromatic N) is 2. The molecule has 1 aliphatic carbocycles. The number of hydrogen-bond acceptors (Lipinski definition) is 4. The van der Waals surface area contributed by atoms with E-state index < -0.39 is 0 Å². The summed E-state index contributed by atoms with van der Waals surface area (Å²) < 4.78 is 5.23. The second kappa shape index (κ2) is 5.25. The third-order valence-corrected chi connectivity index (χ3v) is 3.17. The molecule has 4 heteroatoms. The minimum Gasteiger partial charge on any atom is -0.493 e. The number of hydrogen-bond donors (Lipinski definition) is 1. The Hall–Kier alpha value is -1.16. The lowest BCUT2D eigenvalue weighted by Gasteiger charge is -2.11. The molecule has 0 radical (unpaired) electrons. The van der Waals surface area contributed by atoms with Crippen molar-refractivity contribution in [2.24, 2.45) is 5.73 Å². The van der Waals surface area contributed by atoms with Crippen LogP contribution in [-0.2, 0) is 6.42 Å². The van der Waals surface area contributed by atoms with Crippen LogP contribution in [0.15, 0.2) is 6.20 Å². The van der Waals surface area contributed by atoms with Crippen molar-refractivity contribution in [2.45, 2.75) is 38.0 Å². The van der Waals surface area contributed by atoms with Gasteiger partial charge >= 0.3 is 0 Å². The maximum atomic E-state index is 5.57. The van der Waals surface area contributed by atoms with Crippen molar-refractivity contribution in [1.82, 2.24) is 9.97 Å². The highest BCUT2D eigenvalue weighted by molar-refractivity contribution is 5.25. The Bertz CT molecular complexity index is 348. The molecule has 0 bridgehead atoms. The summed E-state index contributed by atoms with van der Waals surface area (Å²) in [5.41, 5.74) is 6.52. The summed E-state index contributed by atoms with van der Waals surface area (Å²) in [7, 11) is 1.65. The van der Waals surface area contributed by atoms with Gasteiger partial charge in [-0.3, -0.25) is 0 Å². The molecule has 1 aromatic heterocycles. The fourth-order valence-corrected chi connectivity index (χ4v) is 2.29. The molecule has 88 valence electrons. The maximum Gasteiger partial charge on any atom is 0.158 e. The first-order valence-corrected chi connectivity index (χ1v) is 5.95.